The van der Waals surface area contributed by atoms with Crippen LogP contribution in [0.2, 0.25) is 0 Å². The van der Waals surface area contributed by atoms with Crippen LogP contribution in [-0.4, -0.2) is 76.8 Å². The number of hydrogen-bond donors (Lipinski definition) is 5. The third-order valence-electron chi connectivity index (χ3n) is 9.66. The maximum atomic E-state index is 13.3. The Balaban J connectivity index is 0.000000319. The van der Waals surface area contributed by atoms with Crippen molar-refractivity contribution in [2.75, 3.05) is 5.32 Å². The van der Waals surface area contributed by atoms with Gasteiger partial charge in [0, 0.05) is 19.4 Å². The molecule has 2 fully saturated rings. The van der Waals surface area contributed by atoms with Crippen LogP contribution in [0.15, 0.2) is 47.2 Å². The van der Waals surface area contributed by atoms with Crippen LogP contribution in [-0.2, 0) is 29.6 Å². The molecule has 13 nitrogen and oxygen atoms in total. The highest BCUT2D eigenvalue weighted by molar-refractivity contribution is 8.14. The van der Waals surface area contributed by atoms with E-state index >= 15 is 0 Å². The van der Waals surface area contributed by atoms with Crippen molar-refractivity contribution in [2.24, 2.45) is 22.6 Å². The lowest BCUT2D eigenvalue weighted by Crippen LogP contribution is -2.46. The minimum Gasteiger partial charge on any atom is -0.481 e. The van der Waals surface area contributed by atoms with Crippen LogP contribution < -0.4 is 20.5 Å². The van der Waals surface area contributed by atoms with Crippen LogP contribution in [0.1, 0.15) is 102 Å². The summed E-state index contributed by atoms with van der Waals surface area (Å²) in [5.74, 6) is -1.91. The normalized spacial score (nSPS) is 25.2. The van der Waals surface area contributed by atoms with Crippen LogP contribution in [0, 0.1) is 17.7 Å². The van der Waals surface area contributed by atoms with Crippen LogP contribution in [0.5, 0.6) is 0 Å². The minimum atomic E-state index is -3.39. The van der Waals surface area contributed by atoms with Gasteiger partial charge in [-0.1, -0.05) is 36.6 Å². The van der Waals surface area contributed by atoms with Crippen molar-refractivity contribution in [1.82, 2.24) is 14.4 Å². The van der Waals surface area contributed by atoms with E-state index in [1.807, 2.05) is 0 Å². The van der Waals surface area contributed by atoms with Crippen molar-refractivity contribution >= 4 is 75.5 Å². The average molecular weight is 866 g/mol. The summed E-state index contributed by atoms with van der Waals surface area (Å²) in [7, 11) is -6.72. The van der Waals surface area contributed by atoms with Gasteiger partial charge in [0.25, 0.3) is 0 Å². The molecule has 0 radical (unpaired) electrons. The molecule has 19 heteroatoms. The second kappa shape index (κ2) is 19.2. The second-order valence-corrected chi connectivity index (χ2v) is 23.1. The van der Waals surface area contributed by atoms with Crippen LogP contribution in [0.4, 0.5) is 13.9 Å². The summed E-state index contributed by atoms with van der Waals surface area (Å²) in [6.07, 6.45) is 9.51. The number of benzene rings is 1. The second-order valence-electron chi connectivity index (χ2n) is 16.0. The Morgan fingerprint density at radius 2 is 1.39 bits per heavy atom. The molecule has 0 bridgehead atoms. The van der Waals surface area contributed by atoms with Gasteiger partial charge in [0.05, 0.1) is 36.9 Å². The van der Waals surface area contributed by atoms with Gasteiger partial charge in [-0.25, -0.2) is 40.0 Å². The number of nitrogens with one attached hydrogen (secondary N) is 3. The Morgan fingerprint density at radius 1 is 0.875 bits per heavy atom. The lowest BCUT2D eigenvalue weighted by atomic mass is 9.86. The third kappa shape index (κ3) is 13.0. The van der Waals surface area contributed by atoms with E-state index in [0.29, 0.717) is 71.9 Å². The van der Waals surface area contributed by atoms with Crippen LogP contribution in [0.25, 0.3) is 10.2 Å². The number of aliphatic imine (C=N–C) groups is 1. The molecule has 6 rings (SSSR count). The van der Waals surface area contributed by atoms with E-state index in [2.05, 4.69) is 24.7 Å². The number of rotatable bonds is 7. The first-order valence-corrected chi connectivity index (χ1v) is 22.8. The molecule has 316 valence electrons. The number of aromatic nitrogens is 1. The number of nitrogens with two attached hydrogens (primary N) is 1. The number of thiazole rings is 1. The van der Waals surface area contributed by atoms with Crippen molar-refractivity contribution in [3.63, 3.8) is 0 Å². The summed E-state index contributed by atoms with van der Waals surface area (Å²) in [4.78, 5) is 31.7. The van der Waals surface area contributed by atoms with Gasteiger partial charge in [0.1, 0.15) is 11.6 Å². The standard InChI is InChI=1S/C18H24FN3O3S2.C11H21NO4S.C7H7FN2S.CH4.H2/c1-18(2,3)27(24,25)22-13-7-4-11(5-8-13)16(23)21-17-20-14-9-6-12(19)10-15(14)26-17;1-11(2,3)17(15,16)12-9-6-4-8(5-7-9)10(13)14;8-4-1-2-5-6(3-4)11-7(9)10-5;;/h6,9-11,13,22H,4-5,7-8H2,1-3H3,(H,20,21,23);8-9,12H,4-7H2,1-3H3,(H,13,14);1-3,5-6H,(H2,9,10);1H4;1H/i;;;;1+1. The van der Waals surface area contributed by atoms with Crippen molar-refractivity contribution in [3.8, 4) is 0 Å². The number of halogens is 2. The maximum absolute atomic E-state index is 13.3. The van der Waals surface area contributed by atoms with Gasteiger partial charge in [0.2, 0.25) is 26.0 Å². The Labute approximate surface area is 339 Å². The smallest absolute Gasteiger partial charge is 0.306 e. The predicted octanol–water partition coefficient (Wildman–Crippen LogP) is 7.09. The van der Waals surface area contributed by atoms with E-state index in [9.17, 15) is 35.2 Å². The first-order chi connectivity index (χ1) is 25.4. The highest BCUT2D eigenvalue weighted by atomic mass is 32.2. The fourth-order valence-corrected chi connectivity index (χ4v) is 9.93. The highest BCUT2D eigenvalue weighted by Crippen LogP contribution is 2.32. The monoisotopic (exact) mass is 865 g/mol. The molecule has 2 heterocycles. The van der Waals surface area contributed by atoms with Crippen molar-refractivity contribution in [3.05, 3.63) is 48.1 Å². The van der Waals surface area contributed by atoms with Gasteiger partial charge in [-0.05, 0) is 123 Å². The quantitative estimate of drug-likeness (QED) is 0.191. The third-order valence-corrected chi connectivity index (χ3v) is 16.1. The van der Waals surface area contributed by atoms with Crippen LogP contribution >= 0.6 is 23.1 Å². The first-order valence-electron chi connectivity index (χ1n) is 18.1. The lowest BCUT2D eigenvalue weighted by molar-refractivity contribution is -0.142. The Hall–Kier alpha value is -2.97. The topological polar surface area (TPSA) is 210 Å². The minimum absolute atomic E-state index is 0. The van der Waals surface area contributed by atoms with Gasteiger partial charge in [0.15, 0.2) is 10.3 Å². The van der Waals surface area contributed by atoms with Crippen molar-refractivity contribution in [1.29, 1.82) is 0 Å². The maximum Gasteiger partial charge on any atom is 0.306 e. The Morgan fingerprint density at radius 3 is 1.89 bits per heavy atom. The number of amidine groups is 1. The molecule has 0 spiro atoms. The molecule has 2 saturated carbocycles. The van der Waals surface area contributed by atoms with Gasteiger partial charge in [-0.3, -0.25) is 14.6 Å². The number of carbonyl (C=O) groups is 2. The summed E-state index contributed by atoms with van der Waals surface area (Å²) in [6.45, 7) is 9.95. The molecule has 3 aliphatic carbocycles. The molecule has 0 saturated heterocycles. The molecule has 56 heavy (non-hydrogen) atoms. The average Bonchev–Trinajstić information content (AvgIpc) is 3.65. The number of carbonyl (C=O) groups excluding carboxylic acids is 1. The van der Waals surface area contributed by atoms with Gasteiger partial charge >= 0.3 is 5.97 Å². The molecule has 2 aromatic rings. The Kier molecular flexibility index (Phi) is 16.2. The number of amides is 1. The van der Waals surface area contributed by atoms with E-state index in [1.54, 1.807) is 59.8 Å². The largest absolute Gasteiger partial charge is 0.481 e. The molecule has 4 aliphatic rings. The number of fused-ring (bicyclic) bond motifs is 2. The molecular formula is C37H58F2N6O7S4. The van der Waals surface area contributed by atoms with E-state index in [0.717, 1.165) is 0 Å². The van der Waals surface area contributed by atoms with Gasteiger partial charge in [-0.2, -0.15) is 0 Å². The van der Waals surface area contributed by atoms with Gasteiger partial charge in [-0.15, -0.1) is 0 Å². The SMILES string of the molecule is C.CC(C)(C)S(=O)(=O)NC1CCC(C(=O)Nc2nc3ccc(F)cc3s2)CC1.CC(C)(C)S(=O)(=O)NC1CCC(C(=O)O)CC1.NC1=NC2C=CC(F)=CC2S1.[2HH]. The summed E-state index contributed by atoms with van der Waals surface area (Å²) in [5, 5.41) is 12.8. The van der Waals surface area contributed by atoms with E-state index < -0.39 is 35.5 Å². The number of nitrogens with zero attached hydrogens (tertiary/aromatic N) is 2. The zero-order valence-electron chi connectivity index (χ0n) is 31.8. The Bertz CT molecular complexity index is 2020. The molecule has 6 N–H and O–H groups in total. The molecule has 1 aromatic heterocycles. The lowest BCUT2D eigenvalue weighted by Gasteiger charge is -2.30. The van der Waals surface area contributed by atoms with Crippen LogP contribution in [0.3, 0.4) is 0 Å². The fraction of sp³-hybridized carbons (Fsp3) is 0.622. The number of carboxylic acid groups (broad SMARTS) is 1. The molecule has 1 aromatic carbocycles. The van der Waals surface area contributed by atoms with E-state index in [1.165, 1.54) is 41.3 Å². The molecule has 1 amide bonds. The van der Waals surface area contributed by atoms with E-state index in [4.69, 9.17) is 10.8 Å². The number of allylic oxidation sites excluding steroid dienone is 2. The summed E-state index contributed by atoms with van der Waals surface area (Å²) < 4.78 is 78.7. The molecule has 2 atom stereocenters. The number of carboxylic acids is 1. The predicted molar refractivity (Wildman–Crippen MR) is 225 cm³/mol. The number of aliphatic carboxylic acids is 1. The molecule has 1 aliphatic heterocycles. The van der Waals surface area contributed by atoms with Gasteiger partial charge < -0.3 is 16.2 Å². The zero-order valence-corrected chi connectivity index (χ0v) is 35.1. The summed E-state index contributed by atoms with van der Waals surface area (Å²) in [6, 6.07) is 4.13. The van der Waals surface area contributed by atoms with E-state index in [-0.39, 0.29) is 61.6 Å². The van der Waals surface area contributed by atoms with Crippen molar-refractivity contribution < 1.29 is 41.7 Å². The zero-order chi connectivity index (χ0) is 40.9. The molecule has 2 unspecified atom stereocenters. The number of sulfonamides is 2. The fourth-order valence-electron chi connectivity index (χ4n) is 6.03. The number of hydrogen-bond acceptors (Lipinski definition) is 11. The summed E-state index contributed by atoms with van der Waals surface area (Å²) in [5.41, 5.74) is 6.12. The number of anilines is 1. The first kappa shape index (κ1) is 47.4. The summed E-state index contributed by atoms with van der Waals surface area (Å²) >= 11 is 2.65. The molecular weight excluding hydrogens is 807 g/mol. The van der Waals surface area contributed by atoms with Crippen molar-refractivity contribution in [2.45, 2.75) is 133 Å². The highest BCUT2D eigenvalue weighted by Gasteiger charge is 2.35. The number of thioether (sulfide) groups is 1.